The minimum atomic E-state index is -4.28. The van der Waals surface area contributed by atoms with Crippen LogP contribution in [0, 0.1) is 6.92 Å². The molecule has 0 fully saturated rings. The van der Waals surface area contributed by atoms with Gasteiger partial charge in [-0.1, -0.05) is 35.9 Å². The van der Waals surface area contributed by atoms with Gasteiger partial charge in [0.25, 0.3) is 10.0 Å². The molecular formula is C29H34ClN3O6S. The summed E-state index contributed by atoms with van der Waals surface area (Å²) in [4.78, 5) is 28.0. The predicted molar refractivity (Wildman–Crippen MR) is 155 cm³/mol. The van der Waals surface area contributed by atoms with Crippen molar-refractivity contribution < 1.29 is 27.5 Å². The van der Waals surface area contributed by atoms with Crippen LogP contribution in [0.3, 0.4) is 0 Å². The van der Waals surface area contributed by atoms with Gasteiger partial charge in [0.1, 0.15) is 12.6 Å². The van der Waals surface area contributed by atoms with Gasteiger partial charge in [0.15, 0.2) is 11.5 Å². The van der Waals surface area contributed by atoms with Gasteiger partial charge in [-0.25, -0.2) is 8.42 Å². The van der Waals surface area contributed by atoms with Crippen LogP contribution in [0.5, 0.6) is 11.5 Å². The van der Waals surface area contributed by atoms with Crippen LogP contribution in [-0.4, -0.2) is 58.5 Å². The molecule has 40 heavy (non-hydrogen) atoms. The first-order valence-electron chi connectivity index (χ1n) is 12.7. The van der Waals surface area contributed by atoms with Crippen molar-refractivity contribution in [1.82, 2.24) is 10.2 Å². The van der Waals surface area contributed by atoms with E-state index >= 15 is 0 Å². The van der Waals surface area contributed by atoms with Crippen molar-refractivity contribution in [2.45, 2.75) is 38.3 Å². The Balaban J connectivity index is 2.08. The summed E-state index contributed by atoms with van der Waals surface area (Å²) in [7, 11) is -1.43. The van der Waals surface area contributed by atoms with Crippen molar-refractivity contribution in [2.24, 2.45) is 0 Å². The van der Waals surface area contributed by atoms with Gasteiger partial charge in [0.2, 0.25) is 11.8 Å². The van der Waals surface area contributed by atoms with Crippen molar-refractivity contribution in [2.75, 3.05) is 31.6 Å². The van der Waals surface area contributed by atoms with E-state index in [0.29, 0.717) is 17.3 Å². The number of benzene rings is 3. The maximum absolute atomic E-state index is 14.0. The number of nitrogens with one attached hydrogen (secondary N) is 1. The lowest BCUT2D eigenvalue weighted by atomic mass is 10.1. The molecule has 0 unspecified atom stereocenters. The minimum Gasteiger partial charge on any atom is -0.493 e. The molecule has 0 heterocycles. The molecule has 0 aliphatic rings. The lowest BCUT2D eigenvalue weighted by molar-refractivity contribution is -0.139. The largest absolute Gasteiger partial charge is 0.493 e. The molecule has 11 heteroatoms. The molecule has 0 aliphatic carbocycles. The third-order valence-electron chi connectivity index (χ3n) is 6.46. The number of ether oxygens (including phenoxy) is 2. The van der Waals surface area contributed by atoms with Crippen LogP contribution in [0.4, 0.5) is 5.69 Å². The Morgan fingerprint density at radius 1 is 0.975 bits per heavy atom. The minimum absolute atomic E-state index is 0.102. The van der Waals surface area contributed by atoms with Gasteiger partial charge in [-0.3, -0.25) is 13.9 Å². The van der Waals surface area contributed by atoms with Crippen LogP contribution in [0.15, 0.2) is 71.6 Å². The van der Waals surface area contributed by atoms with Crippen molar-refractivity contribution in [3.8, 4) is 11.5 Å². The number of sulfonamides is 1. The first-order valence-corrected chi connectivity index (χ1v) is 14.5. The molecule has 0 saturated heterocycles. The van der Waals surface area contributed by atoms with E-state index in [4.69, 9.17) is 21.1 Å². The van der Waals surface area contributed by atoms with Gasteiger partial charge in [-0.2, -0.15) is 0 Å². The van der Waals surface area contributed by atoms with Gasteiger partial charge in [-0.05, 0) is 68.3 Å². The highest BCUT2D eigenvalue weighted by atomic mass is 35.5. The standard InChI is InChI=1S/C29H34ClN3O6S/c1-6-31-29(35)21(3)32(18-22-10-8-7-9-20(22)2)28(34)19-33(24-13-11-23(30)12-14-24)40(36,37)25-15-16-26(38-4)27(17-25)39-5/h7-17,21H,6,18-19H2,1-5H3,(H,31,35)/t21-/m0/s1. The van der Waals surface area contributed by atoms with Crippen LogP contribution < -0.4 is 19.1 Å². The van der Waals surface area contributed by atoms with Crippen LogP contribution in [0.1, 0.15) is 25.0 Å². The number of hydrogen-bond donors (Lipinski definition) is 1. The predicted octanol–water partition coefficient (Wildman–Crippen LogP) is 4.41. The smallest absolute Gasteiger partial charge is 0.264 e. The number of aryl methyl sites for hydroxylation is 1. The molecule has 3 aromatic rings. The summed E-state index contributed by atoms with van der Waals surface area (Å²) in [5.41, 5.74) is 2.01. The average Bonchev–Trinajstić information content (AvgIpc) is 2.95. The molecule has 2 amide bonds. The Bertz CT molecular complexity index is 1450. The topological polar surface area (TPSA) is 105 Å². The average molecular weight is 588 g/mol. The van der Waals surface area contributed by atoms with E-state index < -0.39 is 28.5 Å². The van der Waals surface area contributed by atoms with Crippen molar-refractivity contribution >= 4 is 39.1 Å². The number of amides is 2. The number of anilines is 1. The van der Waals surface area contributed by atoms with E-state index in [-0.39, 0.29) is 28.8 Å². The second kappa shape index (κ2) is 13.5. The summed E-state index contributed by atoms with van der Waals surface area (Å²) < 4.78 is 39.6. The lowest BCUT2D eigenvalue weighted by Crippen LogP contribution is -2.51. The van der Waals surface area contributed by atoms with Crippen LogP contribution in [0.2, 0.25) is 5.02 Å². The summed E-state index contributed by atoms with van der Waals surface area (Å²) in [6, 6.07) is 17.0. The summed E-state index contributed by atoms with van der Waals surface area (Å²) in [5.74, 6) is -0.320. The molecule has 1 N–H and O–H groups in total. The normalized spacial score (nSPS) is 11.8. The maximum atomic E-state index is 14.0. The van der Waals surface area contributed by atoms with E-state index in [9.17, 15) is 18.0 Å². The number of halogens is 1. The number of nitrogens with zero attached hydrogens (tertiary/aromatic N) is 2. The molecule has 1 atom stereocenters. The first kappa shape index (κ1) is 30.8. The molecule has 9 nitrogen and oxygen atoms in total. The fourth-order valence-electron chi connectivity index (χ4n) is 4.12. The van der Waals surface area contributed by atoms with E-state index in [0.717, 1.165) is 15.4 Å². The summed E-state index contributed by atoms with van der Waals surface area (Å²) >= 11 is 6.07. The number of likely N-dealkylation sites (N-methyl/N-ethyl adjacent to an activating group) is 1. The van der Waals surface area contributed by atoms with Crippen molar-refractivity contribution in [1.29, 1.82) is 0 Å². The third-order valence-corrected chi connectivity index (χ3v) is 8.48. The highest BCUT2D eigenvalue weighted by Crippen LogP contribution is 2.32. The third kappa shape index (κ3) is 7.05. The van der Waals surface area contributed by atoms with E-state index in [1.165, 1.54) is 49.5 Å². The number of rotatable bonds is 12. The summed E-state index contributed by atoms with van der Waals surface area (Å²) in [6.07, 6.45) is 0. The van der Waals surface area contributed by atoms with Crippen molar-refractivity contribution in [3.05, 3.63) is 82.9 Å². The number of carbonyl (C=O) groups excluding carboxylic acids is 2. The summed E-state index contributed by atoms with van der Waals surface area (Å²) in [6.45, 7) is 5.27. The molecule has 0 bridgehead atoms. The molecule has 3 aromatic carbocycles. The molecule has 3 rings (SSSR count). The molecular weight excluding hydrogens is 554 g/mol. The van der Waals surface area contributed by atoms with Crippen LogP contribution in [0.25, 0.3) is 0 Å². The second-order valence-corrected chi connectivity index (χ2v) is 11.3. The SMILES string of the molecule is CCNC(=O)[C@H](C)N(Cc1ccccc1C)C(=O)CN(c1ccc(Cl)cc1)S(=O)(=O)c1ccc(OC)c(OC)c1. The highest BCUT2D eigenvalue weighted by molar-refractivity contribution is 7.92. The van der Waals surface area contributed by atoms with Gasteiger partial charge >= 0.3 is 0 Å². The van der Waals surface area contributed by atoms with E-state index in [2.05, 4.69) is 5.32 Å². The zero-order valence-corrected chi connectivity index (χ0v) is 24.8. The van der Waals surface area contributed by atoms with E-state index in [1.54, 1.807) is 26.0 Å². The van der Waals surface area contributed by atoms with E-state index in [1.807, 2.05) is 31.2 Å². The Morgan fingerprint density at radius 2 is 1.62 bits per heavy atom. The fourth-order valence-corrected chi connectivity index (χ4v) is 5.67. The highest BCUT2D eigenvalue weighted by Gasteiger charge is 2.33. The molecule has 0 aliphatic heterocycles. The van der Waals surface area contributed by atoms with Gasteiger partial charge < -0.3 is 19.7 Å². The second-order valence-electron chi connectivity index (χ2n) is 9.02. The maximum Gasteiger partial charge on any atom is 0.264 e. The monoisotopic (exact) mass is 587 g/mol. The van der Waals surface area contributed by atoms with Gasteiger partial charge in [0, 0.05) is 24.2 Å². The molecule has 0 spiro atoms. The van der Waals surface area contributed by atoms with Crippen LogP contribution >= 0.6 is 11.6 Å². The Morgan fingerprint density at radius 3 is 2.23 bits per heavy atom. The Kier molecular flexibility index (Phi) is 10.4. The van der Waals surface area contributed by atoms with Gasteiger partial charge in [0.05, 0.1) is 24.8 Å². The zero-order chi connectivity index (χ0) is 29.4. The fraction of sp³-hybridized carbons (Fsp3) is 0.310. The Labute approximate surface area is 240 Å². The number of hydrogen-bond acceptors (Lipinski definition) is 6. The lowest BCUT2D eigenvalue weighted by Gasteiger charge is -2.32. The Hall–Kier alpha value is -3.76. The summed E-state index contributed by atoms with van der Waals surface area (Å²) in [5, 5.41) is 3.15. The van der Waals surface area contributed by atoms with Gasteiger partial charge in [-0.15, -0.1) is 0 Å². The molecule has 0 aromatic heterocycles. The first-order chi connectivity index (χ1) is 19.0. The zero-order valence-electron chi connectivity index (χ0n) is 23.2. The quantitative estimate of drug-likeness (QED) is 0.336. The molecule has 214 valence electrons. The number of methoxy groups -OCH3 is 2. The number of carbonyl (C=O) groups is 2. The van der Waals surface area contributed by atoms with Crippen molar-refractivity contribution in [3.63, 3.8) is 0 Å². The van der Waals surface area contributed by atoms with Crippen LogP contribution in [-0.2, 0) is 26.2 Å². The molecule has 0 saturated carbocycles. The molecule has 0 radical (unpaired) electrons.